The van der Waals surface area contributed by atoms with Gasteiger partial charge in [-0.15, -0.1) is 0 Å². The van der Waals surface area contributed by atoms with Crippen LogP contribution in [0.4, 0.5) is 0 Å². The van der Waals surface area contributed by atoms with E-state index in [4.69, 9.17) is 5.21 Å². The average molecular weight is 208 g/mol. The average Bonchev–Trinajstić information content (AvgIpc) is 2.29. The molecule has 0 aliphatic rings. The Hall–Kier alpha value is -1.88. The molecule has 1 aromatic carbocycles. The lowest BCUT2D eigenvalue weighted by molar-refractivity contribution is -0.130. The van der Waals surface area contributed by atoms with Crippen LogP contribution in [0.1, 0.15) is 17.3 Å². The zero-order valence-electron chi connectivity index (χ0n) is 8.23. The van der Waals surface area contributed by atoms with E-state index in [1.54, 1.807) is 30.3 Å². The third-order valence-corrected chi connectivity index (χ3v) is 1.89. The summed E-state index contributed by atoms with van der Waals surface area (Å²) < 4.78 is 0. The van der Waals surface area contributed by atoms with Gasteiger partial charge in [0.05, 0.1) is 0 Å². The first kappa shape index (κ1) is 11.2. The van der Waals surface area contributed by atoms with Gasteiger partial charge in [-0.1, -0.05) is 18.2 Å². The zero-order valence-corrected chi connectivity index (χ0v) is 8.23. The number of hydrogen-bond acceptors (Lipinski definition) is 3. The van der Waals surface area contributed by atoms with Crippen molar-refractivity contribution in [3.05, 3.63) is 35.9 Å². The van der Waals surface area contributed by atoms with Gasteiger partial charge in [-0.3, -0.25) is 14.8 Å². The van der Waals surface area contributed by atoms with Gasteiger partial charge in [-0.05, 0) is 19.1 Å². The van der Waals surface area contributed by atoms with Crippen molar-refractivity contribution in [2.75, 3.05) is 0 Å². The largest absolute Gasteiger partial charge is 0.340 e. The van der Waals surface area contributed by atoms with Crippen molar-refractivity contribution in [1.29, 1.82) is 0 Å². The molecule has 0 saturated carbocycles. The second-order valence-corrected chi connectivity index (χ2v) is 3.04. The maximum Gasteiger partial charge on any atom is 0.265 e. The molecule has 1 rings (SSSR count). The van der Waals surface area contributed by atoms with Crippen molar-refractivity contribution < 1.29 is 14.8 Å². The molecule has 0 aromatic heterocycles. The van der Waals surface area contributed by atoms with Crippen LogP contribution in [0.25, 0.3) is 0 Å². The van der Waals surface area contributed by atoms with Crippen LogP contribution in [-0.2, 0) is 4.79 Å². The molecule has 0 aliphatic carbocycles. The van der Waals surface area contributed by atoms with E-state index in [0.717, 1.165) is 0 Å². The molecule has 3 N–H and O–H groups in total. The predicted molar refractivity (Wildman–Crippen MR) is 53.3 cm³/mol. The van der Waals surface area contributed by atoms with E-state index in [1.807, 2.05) is 0 Å². The van der Waals surface area contributed by atoms with Gasteiger partial charge in [-0.2, -0.15) is 0 Å². The fraction of sp³-hybridized carbons (Fsp3) is 0.200. The molecule has 80 valence electrons. The molecular weight excluding hydrogens is 196 g/mol. The molecule has 0 spiro atoms. The first-order valence-corrected chi connectivity index (χ1v) is 4.45. The number of rotatable bonds is 3. The maximum atomic E-state index is 11.5. The standard InChI is InChI=1S/C10H12N2O3/c1-7(9(13)12-15)11-10(14)8-5-3-2-4-6-8/h2-7,15H,1H3,(H,11,14)(H,12,13)/t7-/m1/s1. The summed E-state index contributed by atoms with van der Waals surface area (Å²) in [4.78, 5) is 22.4. The van der Waals surface area contributed by atoms with E-state index in [-0.39, 0.29) is 5.91 Å². The summed E-state index contributed by atoms with van der Waals surface area (Å²) in [5.41, 5.74) is 1.94. The van der Waals surface area contributed by atoms with Crippen LogP contribution in [-0.4, -0.2) is 23.1 Å². The minimum atomic E-state index is -0.775. The first-order valence-electron chi connectivity index (χ1n) is 4.45. The van der Waals surface area contributed by atoms with Gasteiger partial charge < -0.3 is 5.32 Å². The minimum absolute atomic E-state index is 0.355. The molecule has 0 fully saturated rings. The molecule has 15 heavy (non-hydrogen) atoms. The Bertz CT molecular complexity index is 351. The summed E-state index contributed by atoms with van der Waals surface area (Å²) in [5.74, 6) is -1.01. The number of benzene rings is 1. The quantitative estimate of drug-likeness (QED) is 0.494. The van der Waals surface area contributed by atoms with E-state index in [2.05, 4.69) is 5.32 Å². The second kappa shape index (κ2) is 5.11. The lowest BCUT2D eigenvalue weighted by Crippen LogP contribution is -2.43. The zero-order chi connectivity index (χ0) is 11.3. The number of hydroxylamine groups is 1. The molecule has 0 bridgehead atoms. The predicted octanol–water partition coefficient (Wildman–Crippen LogP) is 0.310. The maximum absolute atomic E-state index is 11.5. The Morgan fingerprint density at radius 2 is 1.87 bits per heavy atom. The van der Waals surface area contributed by atoms with Crippen LogP contribution in [0.2, 0.25) is 0 Å². The van der Waals surface area contributed by atoms with Crippen LogP contribution >= 0.6 is 0 Å². The van der Waals surface area contributed by atoms with Crippen LogP contribution in [0, 0.1) is 0 Å². The van der Waals surface area contributed by atoms with Crippen molar-refractivity contribution in [2.24, 2.45) is 0 Å². The molecule has 2 amide bonds. The molecule has 0 unspecified atom stereocenters. The molecule has 0 heterocycles. The van der Waals surface area contributed by atoms with Crippen molar-refractivity contribution >= 4 is 11.8 Å². The van der Waals surface area contributed by atoms with Gasteiger partial charge in [0, 0.05) is 5.56 Å². The molecule has 0 aliphatic heterocycles. The Morgan fingerprint density at radius 3 is 2.40 bits per heavy atom. The van der Waals surface area contributed by atoms with Gasteiger partial charge in [0.15, 0.2) is 0 Å². The number of amides is 2. The Balaban J connectivity index is 2.61. The summed E-state index contributed by atoms with van der Waals surface area (Å²) >= 11 is 0. The van der Waals surface area contributed by atoms with Crippen molar-refractivity contribution in [3.8, 4) is 0 Å². The third kappa shape index (κ3) is 3.07. The molecule has 1 aromatic rings. The van der Waals surface area contributed by atoms with Crippen molar-refractivity contribution in [2.45, 2.75) is 13.0 Å². The monoisotopic (exact) mass is 208 g/mol. The topological polar surface area (TPSA) is 78.4 Å². The lowest BCUT2D eigenvalue weighted by Gasteiger charge is -2.11. The van der Waals surface area contributed by atoms with Gasteiger partial charge in [-0.25, -0.2) is 5.48 Å². The van der Waals surface area contributed by atoms with Gasteiger partial charge in [0.1, 0.15) is 6.04 Å². The number of carbonyl (C=O) groups is 2. The highest BCUT2D eigenvalue weighted by Gasteiger charge is 2.15. The molecule has 1 atom stereocenters. The molecular formula is C10H12N2O3. The number of carbonyl (C=O) groups excluding carboxylic acids is 2. The summed E-state index contributed by atoms with van der Waals surface area (Å²) in [5, 5.41) is 10.8. The highest BCUT2D eigenvalue weighted by Crippen LogP contribution is 1.98. The molecule has 0 saturated heterocycles. The van der Waals surface area contributed by atoms with Crippen LogP contribution < -0.4 is 10.8 Å². The fourth-order valence-electron chi connectivity index (χ4n) is 1.03. The van der Waals surface area contributed by atoms with E-state index in [9.17, 15) is 9.59 Å². The smallest absolute Gasteiger partial charge is 0.265 e. The summed E-state index contributed by atoms with van der Waals surface area (Å²) in [6.07, 6.45) is 0. The third-order valence-electron chi connectivity index (χ3n) is 1.89. The summed E-state index contributed by atoms with van der Waals surface area (Å²) in [6, 6.07) is 7.75. The highest BCUT2D eigenvalue weighted by molar-refractivity contribution is 5.97. The van der Waals surface area contributed by atoms with E-state index in [1.165, 1.54) is 12.4 Å². The van der Waals surface area contributed by atoms with Crippen LogP contribution in [0.5, 0.6) is 0 Å². The second-order valence-electron chi connectivity index (χ2n) is 3.04. The van der Waals surface area contributed by atoms with E-state index >= 15 is 0 Å². The van der Waals surface area contributed by atoms with Crippen molar-refractivity contribution in [1.82, 2.24) is 10.8 Å². The minimum Gasteiger partial charge on any atom is -0.340 e. The van der Waals surface area contributed by atoms with Crippen LogP contribution in [0.15, 0.2) is 30.3 Å². The number of hydrogen-bond donors (Lipinski definition) is 3. The molecule has 5 heteroatoms. The van der Waals surface area contributed by atoms with Gasteiger partial charge in [0.25, 0.3) is 11.8 Å². The lowest BCUT2D eigenvalue weighted by atomic mass is 10.2. The van der Waals surface area contributed by atoms with E-state index in [0.29, 0.717) is 5.56 Å². The first-order chi connectivity index (χ1) is 7.15. The summed E-state index contributed by atoms with van der Waals surface area (Å²) in [7, 11) is 0. The Kier molecular flexibility index (Phi) is 3.82. The Morgan fingerprint density at radius 1 is 1.27 bits per heavy atom. The summed E-state index contributed by atoms with van der Waals surface area (Å²) in [6.45, 7) is 1.48. The Labute approximate surface area is 87.1 Å². The highest BCUT2D eigenvalue weighted by atomic mass is 16.5. The number of nitrogens with one attached hydrogen (secondary N) is 2. The van der Waals surface area contributed by atoms with E-state index < -0.39 is 11.9 Å². The molecule has 0 radical (unpaired) electrons. The normalized spacial score (nSPS) is 11.6. The molecule has 5 nitrogen and oxygen atoms in total. The van der Waals surface area contributed by atoms with Crippen LogP contribution in [0.3, 0.4) is 0 Å². The van der Waals surface area contributed by atoms with Gasteiger partial charge in [0.2, 0.25) is 0 Å². The SMILES string of the molecule is C[C@@H](NC(=O)c1ccccc1)C(=O)NO. The fourth-order valence-corrected chi connectivity index (χ4v) is 1.03. The van der Waals surface area contributed by atoms with Gasteiger partial charge >= 0.3 is 0 Å². The van der Waals surface area contributed by atoms with Crippen molar-refractivity contribution in [3.63, 3.8) is 0 Å².